The Labute approximate surface area is 162 Å². The number of fused-ring (bicyclic) bond motifs is 1. The van der Waals surface area contributed by atoms with Crippen LogP contribution in [-0.2, 0) is 0 Å². The normalized spacial score (nSPS) is 12.7. The summed E-state index contributed by atoms with van der Waals surface area (Å²) in [5, 5.41) is 1.25. The second kappa shape index (κ2) is 7.33. The fourth-order valence-electron chi connectivity index (χ4n) is 3.14. The second-order valence-electron chi connectivity index (χ2n) is 6.25. The molecule has 4 nitrogen and oxygen atoms in total. The lowest BCUT2D eigenvalue weighted by Crippen LogP contribution is -2.06. The van der Waals surface area contributed by atoms with Crippen molar-refractivity contribution in [3.63, 3.8) is 0 Å². The SMILES string of the molecule is C/C=C\c1c(C(C)c2nc(Cl)nc(-c3ccccc3)n2)oc2ccccc12. The average Bonchev–Trinajstić information content (AvgIpc) is 3.06. The van der Waals surface area contributed by atoms with Gasteiger partial charge in [0.2, 0.25) is 5.28 Å². The van der Waals surface area contributed by atoms with E-state index < -0.39 is 0 Å². The van der Waals surface area contributed by atoms with Gasteiger partial charge in [0.15, 0.2) is 5.82 Å². The Balaban J connectivity index is 1.84. The Bertz CT molecular complexity index is 1120. The van der Waals surface area contributed by atoms with Gasteiger partial charge in [-0.1, -0.05) is 60.7 Å². The summed E-state index contributed by atoms with van der Waals surface area (Å²) in [5.41, 5.74) is 2.78. The minimum absolute atomic E-state index is 0.174. The number of rotatable bonds is 4. The highest BCUT2D eigenvalue weighted by molar-refractivity contribution is 6.28. The zero-order valence-corrected chi connectivity index (χ0v) is 15.8. The highest BCUT2D eigenvalue weighted by Crippen LogP contribution is 2.34. The van der Waals surface area contributed by atoms with Gasteiger partial charge in [0.1, 0.15) is 17.2 Å². The summed E-state index contributed by atoms with van der Waals surface area (Å²) in [6.45, 7) is 4.01. The average molecular weight is 376 g/mol. The van der Waals surface area contributed by atoms with Crippen LogP contribution in [0.5, 0.6) is 0 Å². The van der Waals surface area contributed by atoms with Gasteiger partial charge in [-0.25, -0.2) is 9.97 Å². The third-order valence-corrected chi connectivity index (χ3v) is 4.60. The summed E-state index contributed by atoms with van der Waals surface area (Å²) in [7, 11) is 0. The number of hydrogen-bond acceptors (Lipinski definition) is 4. The molecule has 0 aliphatic rings. The van der Waals surface area contributed by atoms with Gasteiger partial charge in [-0.3, -0.25) is 0 Å². The van der Waals surface area contributed by atoms with Crippen molar-refractivity contribution >= 4 is 28.6 Å². The van der Waals surface area contributed by atoms with Gasteiger partial charge in [0.05, 0.1) is 5.92 Å². The molecule has 5 heteroatoms. The van der Waals surface area contributed by atoms with E-state index in [-0.39, 0.29) is 11.2 Å². The third-order valence-electron chi connectivity index (χ3n) is 4.43. The van der Waals surface area contributed by atoms with Crippen molar-refractivity contribution in [3.05, 3.63) is 83.1 Å². The Morgan fingerprint density at radius 1 is 0.963 bits per heavy atom. The fraction of sp³-hybridized carbons (Fsp3) is 0.136. The zero-order valence-electron chi connectivity index (χ0n) is 15.1. The largest absolute Gasteiger partial charge is 0.460 e. The van der Waals surface area contributed by atoms with Crippen molar-refractivity contribution in [2.75, 3.05) is 0 Å². The number of halogens is 1. The maximum absolute atomic E-state index is 6.20. The molecule has 2 aromatic carbocycles. The van der Waals surface area contributed by atoms with E-state index in [4.69, 9.17) is 16.0 Å². The first-order chi connectivity index (χ1) is 13.2. The molecule has 0 saturated heterocycles. The predicted octanol–water partition coefficient (Wildman–Crippen LogP) is 6.12. The quantitative estimate of drug-likeness (QED) is 0.431. The first kappa shape index (κ1) is 17.4. The summed E-state index contributed by atoms with van der Waals surface area (Å²) in [4.78, 5) is 13.3. The highest BCUT2D eigenvalue weighted by Gasteiger charge is 2.23. The lowest BCUT2D eigenvalue weighted by atomic mass is 10.0. The van der Waals surface area contributed by atoms with Crippen molar-refractivity contribution in [1.29, 1.82) is 0 Å². The molecule has 0 aliphatic heterocycles. The molecule has 0 spiro atoms. The van der Waals surface area contributed by atoms with Crippen LogP contribution in [0.25, 0.3) is 28.4 Å². The van der Waals surface area contributed by atoms with E-state index in [1.165, 1.54) is 0 Å². The number of nitrogens with zero attached hydrogens (tertiary/aromatic N) is 3. The van der Waals surface area contributed by atoms with Gasteiger partial charge in [-0.2, -0.15) is 4.98 Å². The molecule has 1 unspecified atom stereocenters. The third kappa shape index (κ3) is 3.36. The van der Waals surface area contributed by atoms with Gasteiger partial charge >= 0.3 is 0 Å². The zero-order chi connectivity index (χ0) is 18.8. The molecule has 0 radical (unpaired) electrons. The number of allylic oxidation sites excluding steroid dienone is 1. The number of para-hydroxylation sites is 1. The lowest BCUT2D eigenvalue weighted by Gasteiger charge is -2.10. The molecule has 2 aromatic heterocycles. The molecule has 0 N–H and O–H groups in total. The van der Waals surface area contributed by atoms with E-state index in [1.807, 2.05) is 68.5 Å². The van der Waals surface area contributed by atoms with Gasteiger partial charge < -0.3 is 4.42 Å². The molecular formula is C22H18ClN3O. The molecule has 0 aliphatic carbocycles. The standard InChI is InChI=1S/C22H18ClN3O/c1-3-9-17-16-12-7-8-13-18(16)27-19(17)14(2)20-24-21(26-22(23)25-20)15-10-5-4-6-11-15/h3-14H,1-2H3/b9-3-. The number of aromatic nitrogens is 3. The molecule has 27 heavy (non-hydrogen) atoms. The Kier molecular flexibility index (Phi) is 4.73. The number of furan rings is 1. The minimum atomic E-state index is -0.174. The summed E-state index contributed by atoms with van der Waals surface area (Å²) in [5.74, 6) is 1.78. The highest BCUT2D eigenvalue weighted by atomic mass is 35.5. The Hall–Kier alpha value is -2.98. The first-order valence-electron chi connectivity index (χ1n) is 8.78. The van der Waals surface area contributed by atoms with E-state index in [9.17, 15) is 0 Å². The summed E-state index contributed by atoms with van der Waals surface area (Å²) in [6, 6.07) is 17.7. The Morgan fingerprint density at radius 2 is 1.70 bits per heavy atom. The van der Waals surface area contributed by atoms with Crippen molar-refractivity contribution in [2.45, 2.75) is 19.8 Å². The van der Waals surface area contributed by atoms with E-state index in [0.29, 0.717) is 11.6 Å². The minimum Gasteiger partial charge on any atom is -0.460 e. The summed E-state index contributed by atoms with van der Waals surface area (Å²) in [6.07, 6.45) is 4.06. The van der Waals surface area contributed by atoms with E-state index in [0.717, 1.165) is 27.9 Å². The van der Waals surface area contributed by atoms with E-state index in [1.54, 1.807) is 0 Å². The maximum Gasteiger partial charge on any atom is 0.226 e. The molecule has 2 heterocycles. The molecular weight excluding hydrogens is 358 g/mol. The monoisotopic (exact) mass is 375 g/mol. The smallest absolute Gasteiger partial charge is 0.226 e. The molecule has 0 fully saturated rings. The van der Waals surface area contributed by atoms with Crippen LogP contribution in [0.2, 0.25) is 5.28 Å². The first-order valence-corrected chi connectivity index (χ1v) is 9.16. The lowest BCUT2D eigenvalue weighted by molar-refractivity contribution is 0.522. The number of benzene rings is 2. The van der Waals surface area contributed by atoms with Gasteiger partial charge in [-0.05, 0) is 31.5 Å². The second-order valence-corrected chi connectivity index (χ2v) is 6.59. The van der Waals surface area contributed by atoms with Crippen molar-refractivity contribution < 1.29 is 4.42 Å². The molecule has 4 rings (SSSR count). The maximum atomic E-state index is 6.20. The van der Waals surface area contributed by atoms with Crippen LogP contribution >= 0.6 is 11.6 Å². The van der Waals surface area contributed by atoms with Gasteiger partial charge in [-0.15, -0.1) is 0 Å². The molecule has 4 aromatic rings. The van der Waals surface area contributed by atoms with E-state index >= 15 is 0 Å². The van der Waals surface area contributed by atoms with Crippen LogP contribution in [0, 0.1) is 0 Å². The molecule has 0 bridgehead atoms. The van der Waals surface area contributed by atoms with Crippen molar-refractivity contribution in [1.82, 2.24) is 15.0 Å². The summed E-state index contributed by atoms with van der Waals surface area (Å²) < 4.78 is 6.16. The van der Waals surface area contributed by atoms with Crippen LogP contribution in [0.1, 0.15) is 36.9 Å². The number of hydrogen-bond donors (Lipinski definition) is 0. The van der Waals surface area contributed by atoms with Crippen LogP contribution in [0.15, 0.2) is 65.1 Å². The van der Waals surface area contributed by atoms with Gasteiger partial charge in [0, 0.05) is 16.5 Å². The van der Waals surface area contributed by atoms with Crippen LogP contribution in [0.3, 0.4) is 0 Å². The van der Waals surface area contributed by atoms with Crippen LogP contribution in [-0.4, -0.2) is 15.0 Å². The molecule has 134 valence electrons. The predicted molar refractivity (Wildman–Crippen MR) is 109 cm³/mol. The Morgan fingerprint density at radius 3 is 2.48 bits per heavy atom. The van der Waals surface area contributed by atoms with Crippen molar-refractivity contribution in [3.8, 4) is 11.4 Å². The topological polar surface area (TPSA) is 51.8 Å². The molecule has 1 atom stereocenters. The summed E-state index contributed by atoms with van der Waals surface area (Å²) >= 11 is 6.20. The van der Waals surface area contributed by atoms with Crippen LogP contribution in [0.4, 0.5) is 0 Å². The fourth-order valence-corrected chi connectivity index (χ4v) is 3.30. The van der Waals surface area contributed by atoms with Crippen molar-refractivity contribution in [2.24, 2.45) is 0 Å². The van der Waals surface area contributed by atoms with Gasteiger partial charge in [0.25, 0.3) is 0 Å². The van der Waals surface area contributed by atoms with Crippen LogP contribution < -0.4 is 0 Å². The van der Waals surface area contributed by atoms with E-state index in [2.05, 4.69) is 27.1 Å². The molecule has 0 saturated carbocycles. The molecule has 0 amide bonds.